The predicted octanol–water partition coefficient (Wildman–Crippen LogP) is 3.64. The van der Waals surface area contributed by atoms with Gasteiger partial charge in [-0.1, -0.05) is 30.8 Å². The van der Waals surface area contributed by atoms with E-state index in [2.05, 4.69) is 22.3 Å². The Morgan fingerprint density at radius 2 is 2.11 bits per heavy atom. The summed E-state index contributed by atoms with van der Waals surface area (Å²) in [5.74, 6) is 1.87. The second-order valence-electron chi connectivity index (χ2n) is 5.89. The lowest BCUT2D eigenvalue weighted by Gasteiger charge is -2.28. The molecule has 1 N–H and O–H groups in total. The molecule has 0 fully saturated rings. The van der Waals surface area contributed by atoms with Gasteiger partial charge in [-0.3, -0.25) is 0 Å². The Labute approximate surface area is 163 Å². The third-order valence-corrected chi connectivity index (χ3v) is 4.81. The van der Waals surface area contributed by atoms with Gasteiger partial charge in [0.1, 0.15) is 11.8 Å². The number of allylic oxidation sites excluding steroid dienone is 1. The standard InChI is InChI=1S/C19H24N4O3S/c1-5-25-14-10-8-9-13(11-14)16-15(17(24)26-6-2)12(4)20-18-21-19(27-7-3)22-23(16)18/h8-11,16H,5-7H2,1-4H3,(H,20,21,22). The fraction of sp³-hybridized carbons (Fsp3) is 0.421. The number of hydrogen-bond acceptors (Lipinski definition) is 7. The van der Waals surface area contributed by atoms with Crippen molar-refractivity contribution in [1.82, 2.24) is 14.8 Å². The number of fused-ring (bicyclic) bond motifs is 1. The van der Waals surface area contributed by atoms with E-state index in [0.717, 1.165) is 17.1 Å². The molecule has 1 aliphatic heterocycles. The van der Waals surface area contributed by atoms with Gasteiger partial charge in [0.15, 0.2) is 0 Å². The maximum atomic E-state index is 12.7. The minimum Gasteiger partial charge on any atom is -0.494 e. The van der Waals surface area contributed by atoms with Gasteiger partial charge in [-0.25, -0.2) is 9.48 Å². The number of benzene rings is 1. The molecule has 1 atom stereocenters. The first-order valence-corrected chi connectivity index (χ1v) is 10.0. The normalized spacial score (nSPS) is 15.9. The molecule has 0 saturated heterocycles. The summed E-state index contributed by atoms with van der Waals surface area (Å²) in [4.78, 5) is 17.3. The lowest BCUT2D eigenvalue weighted by atomic mass is 9.95. The number of carbonyl (C=O) groups is 1. The van der Waals surface area contributed by atoms with Crippen molar-refractivity contribution in [2.45, 2.75) is 38.9 Å². The van der Waals surface area contributed by atoms with Crippen LogP contribution in [-0.2, 0) is 9.53 Å². The van der Waals surface area contributed by atoms with Crippen LogP contribution in [0.3, 0.4) is 0 Å². The van der Waals surface area contributed by atoms with Gasteiger partial charge >= 0.3 is 5.97 Å². The topological polar surface area (TPSA) is 78.3 Å². The van der Waals surface area contributed by atoms with Gasteiger partial charge < -0.3 is 14.8 Å². The van der Waals surface area contributed by atoms with E-state index >= 15 is 0 Å². The average molecular weight is 388 g/mol. The molecule has 2 heterocycles. The van der Waals surface area contributed by atoms with Gasteiger partial charge in [0.2, 0.25) is 11.1 Å². The van der Waals surface area contributed by atoms with E-state index in [4.69, 9.17) is 9.47 Å². The van der Waals surface area contributed by atoms with Crippen LogP contribution < -0.4 is 10.1 Å². The van der Waals surface area contributed by atoms with Gasteiger partial charge in [-0.05, 0) is 44.2 Å². The maximum absolute atomic E-state index is 12.7. The average Bonchev–Trinajstić information content (AvgIpc) is 3.03. The monoisotopic (exact) mass is 388 g/mol. The zero-order valence-corrected chi connectivity index (χ0v) is 16.8. The quantitative estimate of drug-likeness (QED) is 0.573. The van der Waals surface area contributed by atoms with Gasteiger partial charge in [0.25, 0.3) is 0 Å². The molecule has 1 aliphatic rings. The second-order valence-corrected chi connectivity index (χ2v) is 7.12. The van der Waals surface area contributed by atoms with Crippen LogP contribution in [0, 0.1) is 0 Å². The molecule has 3 rings (SSSR count). The predicted molar refractivity (Wildman–Crippen MR) is 105 cm³/mol. The zero-order chi connectivity index (χ0) is 19.4. The van der Waals surface area contributed by atoms with E-state index in [1.165, 1.54) is 0 Å². The van der Waals surface area contributed by atoms with Crippen LogP contribution in [0.25, 0.3) is 0 Å². The van der Waals surface area contributed by atoms with Crippen LogP contribution in [-0.4, -0.2) is 39.7 Å². The molecule has 0 radical (unpaired) electrons. The molecule has 0 amide bonds. The molecule has 7 nitrogen and oxygen atoms in total. The van der Waals surface area contributed by atoms with Crippen molar-refractivity contribution in [3.05, 3.63) is 41.1 Å². The summed E-state index contributed by atoms with van der Waals surface area (Å²) in [6, 6.07) is 7.28. The molecule has 0 saturated carbocycles. The molecule has 8 heteroatoms. The molecule has 1 unspecified atom stereocenters. The van der Waals surface area contributed by atoms with Crippen molar-refractivity contribution in [1.29, 1.82) is 0 Å². The number of ether oxygens (including phenoxy) is 2. The third kappa shape index (κ3) is 3.95. The number of anilines is 1. The molecule has 1 aromatic carbocycles. The van der Waals surface area contributed by atoms with Gasteiger partial charge in [0.05, 0.1) is 18.8 Å². The first-order chi connectivity index (χ1) is 13.1. The Kier molecular flexibility index (Phi) is 6.05. The second kappa shape index (κ2) is 8.47. The molecular formula is C19H24N4O3S. The highest BCUT2D eigenvalue weighted by Crippen LogP contribution is 2.37. The van der Waals surface area contributed by atoms with E-state index in [-0.39, 0.29) is 5.97 Å². The summed E-state index contributed by atoms with van der Waals surface area (Å²) in [5.41, 5.74) is 2.13. The van der Waals surface area contributed by atoms with Gasteiger partial charge in [-0.15, -0.1) is 5.10 Å². The van der Waals surface area contributed by atoms with Gasteiger partial charge in [0, 0.05) is 5.70 Å². The molecule has 144 valence electrons. The number of nitrogens with zero attached hydrogens (tertiary/aromatic N) is 3. The van der Waals surface area contributed by atoms with Crippen LogP contribution >= 0.6 is 11.8 Å². The van der Waals surface area contributed by atoms with E-state index in [0.29, 0.717) is 35.6 Å². The molecular weight excluding hydrogens is 364 g/mol. The number of hydrogen-bond donors (Lipinski definition) is 1. The highest BCUT2D eigenvalue weighted by Gasteiger charge is 2.35. The maximum Gasteiger partial charge on any atom is 0.338 e. The van der Waals surface area contributed by atoms with Crippen molar-refractivity contribution in [2.24, 2.45) is 0 Å². The van der Waals surface area contributed by atoms with Crippen molar-refractivity contribution in [3.8, 4) is 5.75 Å². The van der Waals surface area contributed by atoms with E-state index in [1.54, 1.807) is 23.4 Å². The molecule has 0 bridgehead atoms. The van der Waals surface area contributed by atoms with E-state index in [1.807, 2.05) is 38.1 Å². The van der Waals surface area contributed by atoms with E-state index < -0.39 is 6.04 Å². The zero-order valence-electron chi connectivity index (χ0n) is 16.0. The number of aromatic nitrogens is 3. The Morgan fingerprint density at radius 1 is 1.30 bits per heavy atom. The van der Waals surface area contributed by atoms with E-state index in [9.17, 15) is 4.79 Å². The minimum atomic E-state index is -0.431. The van der Waals surface area contributed by atoms with Crippen LogP contribution in [0.5, 0.6) is 5.75 Å². The van der Waals surface area contributed by atoms with Crippen molar-refractivity contribution < 1.29 is 14.3 Å². The van der Waals surface area contributed by atoms with Gasteiger partial charge in [-0.2, -0.15) is 4.98 Å². The Balaban J connectivity index is 2.12. The summed E-state index contributed by atoms with van der Waals surface area (Å²) < 4.78 is 12.7. The Morgan fingerprint density at radius 3 is 2.81 bits per heavy atom. The molecule has 1 aromatic heterocycles. The molecule has 0 spiro atoms. The summed E-state index contributed by atoms with van der Waals surface area (Å²) in [6.07, 6.45) is 0. The smallest absolute Gasteiger partial charge is 0.338 e. The van der Waals surface area contributed by atoms with Crippen LogP contribution in [0.15, 0.2) is 40.7 Å². The summed E-state index contributed by atoms with van der Waals surface area (Å²) >= 11 is 1.56. The lowest BCUT2D eigenvalue weighted by Crippen LogP contribution is -2.29. The van der Waals surface area contributed by atoms with Crippen LogP contribution in [0.2, 0.25) is 0 Å². The fourth-order valence-corrected chi connectivity index (χ4v) is 3.60. The lowest BCUT2D eigenvalue weighted by molar-refractivity contribution is -0.139. The Hall–Kier alpha value is -2.48. The van der Waals surface area contributed by atoms with Crippen LogP contribution in [0.4, 0.5) is 5.95 Å². The third-order valence-electron chi connectivity index (χ3n) is 4.09. The first-order valence-electron chi connectivity index (χ1n) is 9.06. The Bertz CT molecular complexity index is 862. The highest BCUT2D eigenvalue weighted by atomic mass is 32.2. The van der Waals surface area contributed by atoms with Crippen molar-refractivity contribution in [2.75, 3.05) is 24.3 Å². The molecule has 2 aromatic rings. The fourth-order valence-electron chi connectivity index (χ4n) is 3.04. The number of nitrogens with one attached hydrogen (secondary N) is 1. The summed E-state index contributed by atoms with van der Waals surface area (Å²) in [6.45, 7) is 8.52. The number of rotatable bonds is 7. The highest BCUT2D eigenvalue weighted by molar-refractivity contribution is 7.99. The largest absolute Gasteiger partial charge is 0.494 e. The summed E-state index contributed by atoms with van der Waals surface area (Å²) in [5, 5.41) is 8.49. The number of carbonyl (C=O) groups excluding carboxylic acids is 1. The molecule has 27 heavy (non-hydrogen) atoms. The SMILES string of the molecule is CCOC(=O)C1=C(C)Nc2nc(SCC)nn2C1c1cccc(OCC)c1. The van der Waals surface area contributed by atoms with Crippen molar-refractivity contribution in [3.63, 3.8) is 0 Å². The van der Waals surface area contributed by atoms with Crippen LogP contribution in [0.1, 0.15) is 39.3 Å². The van der Waals surface area contributed by atoms with Crippen molar-refractivity contribution >= 4 is 23.7 Å². The minimum absolute atomic E-state index is 0.308. The number of thioether (sulfide) groups is 1. The molecule has 0 aliphatic carbocycles. The summed E-state index contributed by atoms with van der Waals surface area (Å²) in [7, 11) is 0. The number of esters is 1. The first kappa shape index (κ1) is 19.3.